The highest BCUT2D eigenvalue weighted by Gasteiger charge is 2.03. The monoisotopic (exact) mass is 289 g/mol. The Kier molecular flexibility index (Phi) is 11.1. The zero-order valence-corrected chi connectivity index (χ0v) is 12.7. The van der Waals surface area contributed by atoms with E-state index in [0.717, 1.165) is 11.5 Å². The first kappa shape index (κ1) is 17.4. The van der Waals surface area contributed by atoms with Gasteiger partial charge in [0.2, 0.25) is 11.8 Å². The smallest absolute Gasteiger partial charge is 0.240 e. The van der Waals surface area contributed by atoms with Gasteiger partial charge in [0.25, 0.3) is 0 Å². The number of hydrogen-bond donors (Lipinski definition) is 2. The minimum atomic E-state index is -0.0845. The molecule has 8 heteroatoms. The third-order valence-corrected chi connectivity index (χ3v) is 4.08. The van der Waals surface area contributed by atoms with Crippen molar-refractivity contribution < 1.29 is 9.59 Å². The molecule has 0 aliphatic carbocycles. The third kappa shape index (κ3) is 11.8. The van der Waals surface area contributed by atoms with Crippen LogP contribution in [0.4, 0.5) is 0 Å². The third-order valence-electron chi connectivity index (χ3n) is 1.68. The maximum Gasteiger partial charge on any atom is 0.240 e. The number of hydrazone groups is 1. The van der Waals surface area contributed by atoms with Crippen molar-refractivity contribution >= 4 is 47.4 Å². The van der Waals surface area contributed by atoms with E-state index in [4.69, 9.17) is 0 Å². The first-order chi connectivity index (χ1) is 8.56. The highest BCUT2D eigenvalue weighted by Crippen LogP contribution is 2.22. The molecule has 0 aromatic carbocycles. The standard InChI is InChI=1S/C10H20BN3O2S2/c1-8(2)13-9(15)3-5-17-18-6-4-10(16)14-12-7-11/h7-8H,3-6,11H2,1-2H3,(H,13,15)(H,14,16)/b12-7+. The van der Waals surface area contributed by atoms with Gasteiger partial charge in [-0.25, -0.2) is 5.43 Å². The topological polar surface area (TPSA) is 70.6 Å². The number of carbonyl (C=O) groups is 2. The van der Waals surface area contributed by atoms with E-state index < -0.39 is 0 Å². The molecule has 0 spiro atoms. The highest BCUT2D eigenvalue weighted by molar-refractivity contribution is 8.76. The van der Waals surface area contributed by atoms with Gasteiger partial charge in [0.1, 0.15) is 0 Å². The van der Waals surface area contributed by atoms with Crippen LogP contribution in [0.3, 0.4) is 0 Å². The molecular weight excluding hydrogens is 269 g/mol. The number of amides is 2. The number of nitrogens with one attached hydrogen (secondary N) is 2. The second-order valence-electron chi connectivity index (χ2n) is 3.79. The molecule has 102 valence electrons. The summed E-state index contributed by atoms with van der Waals surface area (Å²) < 4.78 is 0. The van der Waals surface area contributed by atoms with Gasteiger partial charge < -0.3 is 5.32 Å². The van der Waals surface area contributed by atoms with Crippen molar-refractivity contribution in [2.75, 3.05) is 11.5 Å². The summed E-state index contributed by atoms with van der Waals surface area (Å²) >= 11 is 0. The van der Waals surface area contributed by atoms with Crippen LogP contribution in [-0.2, 0) is 9.59 Å². The average molecular weight is 289 g/mol. The normalized spacial score (nSPS) is 10.8. The Hall–Kier alpha value is -0.625. The van der Waals surface area contributed by atoms with Crippen LogP contribution < -0.4 is 10.7 Å². The Balaban J connectivity index is 3.35. The molecule has 0 fully saturated rings. The van der Waals surface area contributed by atoms with Crippen LogP contribution in [0.15, 0.2) is 5.10 Å². The molecule has 5 nitrogen and oxygen atoms in total. The number of nitrogens with zero attached hydrogens (tertiary/aromatic N) is 1. The molecular formula is C10H20BN3O2S2. The summed E-state index contributed by atoms with van der Waals surface area (Å²) in [6, 6.07) is 0.193. The molecule has 0 atom stereocenters. The maximum absolute atomic E-state index is 11.3. The van der Waals surface area contributed by atoms with Crippen LogP contribution in [0.5, 0.6) is 0 Å². The van der Waals surface area contributed by atoms with E-state index in [1.165, 1.54) is 6.11 Å². The summed E-state index contributed by atoms with van der Waals surface area (Å²) in [5.41, 5.74) is 2.41. The minimum absolute atomic E-state index is 0.0770. The molecule has 0 bridgehead atoms. The molecule has 0 aromatic rings. The van der Waals surface area contributed by atoms with Crippen LogP contribution in [0, 0.1) is 0 Å². The lowest BCUT2D eigenvalue weighted by molar-refractivity contribution is -0.121. The molecule has 18 heavy (non-hydrogen) atoms. The lowest BCUT2D eigenvalue weighted by atomic mass is 10.2. The first-order valence-corrected chi connectivity index (χ1v) is 8.35. The fourth-order valence-electron chi connectivity index (χ4n) is 0.973. The van der Waals surface area contributed by atoms with Gasteiger partial charge in [0.05, 0.1) is 0 Å². The quantitative estimate of drug-likeness (QED) is 0.211. The SMILES string of the molecule is B/C=N/NC(=O)CCSSCCC(=O)NC(C)C. The number of rotatable bonds is 9. The second-order valence-corrected chi connectivity index (χ2v) is 6.49. The Bertz CT molecular complexity index is 288. The number of carbonyl (C=O) groups excluding carboxylic acids is 2. The van der Waals surface area contributed by atoms with Gasteiger partial charge in [0.15, 0.2) is 7.85 Å². The van der Waals surface area contributed by atoms with E-state index in [0.29, 0.717) is 12.8 Å². The van der Waals surface area contributed by atoms with E-state index in [1.807, 2.05) is 13.8 Å². The summed E-state index contributed by atoms with van der Waals surface area (Å²) in [5, 5.41) is 6.48. The van der Waals surface area contributed by atoms with E-state index in [1.54, 1.807) is 29.4 Å². The predicted molar refractivity (Wildman–Crippen MR) is 82.6 cm³/mol. The summed E-state index contributed by atoms with van der Waals surface area (Å²) in [4.78, 5) is 22.5. The lowest BCUT2D eigenvalue weighted by Crippen LogP contribution is -2.30. The summed E-state index contributed by atoms with van der Waals surface area (Å²) in [6.07, 6.45) is 2.49. The largest absolute Gasteiger partial charge is 0.354 e. The molecule has 0 aliphatic heterocycles. The van der Waals surface area contributed by atoms with E-state index in [9.17, 15) is 9.59 Å². The Labute approximate surface area is 117 Å². The molecule has 0 saturated heterocycles. The molecule has 0 unspecified atom stereocenters. The molecule has 0 aliphatic rings. The van der Waals surface area contributed by atoms with Gasteiger partial charge in [-0.05, 0) is 20.0 Å². The Morgan fingerprint density at radius 3 is 2.28 bits per heavy atom. The van der Waals surface area contributed by atoms with E-state index >= 15 is 0 Å². The van der Waals surface area contributed by atoms with Gasteiger partial charge in [-0.1, -0.05) is 21.6 Å². The van der Waals surface area contributed by atoms with Crippen molar-refractivity contribution in [3.8, 4) is 0 Å². The fraction of sp³-hybridized carbons (Fsp3) is 0.700. The zero-order valence-electron chi connectivity index (χ0n) is 11.1. The maximum atomic E-state index is 11.3. The first-order valence-electron chi connectivity index (χ1n) is 5.86. The predicted octanol–water partition coefficient (Wildman–Crippen LogP) is 0.365. The minimum Gasteiger partial charge on any atom is -0.354 e. The molecule has 0 heterocycles. The Morgan fingerprint density at radius 1 is 1.22 bits per heavy atom. The van der Waals surface area contributed by atoms with Crippen LogP contribution in [0.1, 0.15) is 26.7 Å². The van der Waals surface area contributed by atoms with Crippen LogP contribution in [0.25, 0.3) is 0 Å². The van der Waals surface area contributed by atoms with Crippen molar-refractivity contribution in [1.29, 1.82) is 0 Å². The van der Waals surface area contributed by atoms with Crippen molar-refractivity contribution in [2.45, 2.75) is 32.7 Å². The van der Waals surface area contributed by atoms with Crippen molar-refractivity contribution in [2.24, 2.45) is 5.10 Å². The Morgan fingerprint density at radius 2 is 1.78 bits per heavy atom. The highest BCUT2D eigenvalue weighted by atomic mass is 33.1. The summed E-state index contributed by atoms with van der Waals surface area (Å²) in [7, 11) is 4.95. The molecule has 0 aromatic heterocycles. The number of hydrogen-bond acceptors (Lipinski definition) is 5. The molecule has 0 saturated carbocycles. The fourth-order valence-corrected chi connectivity index (χ4v) is 2.95. The van der Waals surface area contributed by atoms with E-state index in [-0.39, 0.29) is 17.9 Å². The van der Waals surface area contributed by atoms with Gasteiger partial charge in [0, 0.05) is 30.4 Å². The average Bonchev–Trinajstić information content (AvgIpc) is 2.30. The van der Waals surface area contributed by atoms with Crippen LogP contribution >= 0.6 is 21.6 Å². The molecule has 0 radical (unpaired) electrons. The molecule has 2 N–H and O–H groups in total. The second kappa shape index (κ2) is 11.5. The van der Waals surface area contributed by atoms with Crippen molar-refractivity contribution in [3.05, 3.63) is 0 Å². The summed E-state index contributed by atoms with van der Waals surface area (Å²) in [5.74, 6) is 1.48. The van der Waals surface area contributed by atoms with Crippen LogP contribution in [0.2, 0.25) is 0 Å². The van der Waals surface area contributed by atoms with Crippen molar-refractivity contribution in [3.63, 3.8) is 0 Å². The molecule has 0 rings (SSSR count). The molecule has 2 amide bonds. The van der Waals surface area contributed by atoms with E-state index in [2.05, 4.69) is 15.8 Å². The zero-order chi connectivity index (χ0) is 13.8. The lowest BCUT2D eigenvalue weighted by Gasteiger charge is -2.07. The van der Waals surface area contributed by atoms with Crippen LogP contribution in [-0.4, -0.2) is 43.3 Å². The van der Waals surface area contributed by atoms with Gasteiger partial charge in [-0.2, -0.15) is 5.10 Å². The van der Waals surface area contributed by atoms with Gasteiger partial charge in [-0.15, -0.1) is 0 Å². The van der Waals surface area contributed by atoms with Gasteiger partial charge >= 0.3 is 0 Å². The summed E-state index contributed by atoms with van der Waals surface area (Å²) in [6.45, 7) is 3.88. The van der Waals surface area contributed by atoms with Crippen molar-refractivity contribution in [1.82, 2.24) is 10.7 Å². The van der Waals surface area contributed by atoms with Gasteiger partial charge in [-0.3, -0.25) is 9.59 Å².